The van der Waals surface area contributed by atoms with Crippen LogP contribution in [0, 0.1) is 11.8 Å². The predicted octanol–water partition coefficient (Wildman–Crippen LogP) is 4.80. The fraction of sp³-hybridized carbons (Fsp3) is 0.960. The summed E-state index contributed by atoms with van der Waals surface area (Å²) in [5.41, 5.74) is 0. The molecule has 30 heavy (non-hydrogen) atoms. The lowest BCUT2D eigenvalue weighted by atomic mass is 9.80. The molecule has 0 aromatic heterocycles. The fourth-order valence-electron chi connectivity index (χ4n) is 6.71. The van der Waals surface area contributed by atoms with Crippen molar-refractivity contribution < 1.29 is 9.53 Å². The summed E-state index contributed by atoms with van der Waals surface area (Å²) in [4.78, 5) is 17.8. The minimum atomic E-state index is 0.221. The Bertz CT molecular complexity index is 539. The molecular formula is C25H45N3O2. The number of carbonyl (C=O) groups excluding carboxylic acids is 1. The van der Waals surface area contributed by atoms with Crippen LogP contribution in [0.4, 0.5) is 4.79 Å². The lowest BCUT2D eigenvalue weighted by molar-refractivity contribution is 0.0250. The number of rotatable bonds is 7. The van der Waals surface area contributed by atoms with Gasteiger partial charge in [-0.2, -0.15) is 0 Å². The van der Waals surface area contributed by atoms with E-state index in [9.17, 15) is 4.79 Å². The van der Waals surface area contributed by atoms with Gasteiger partial charge in [-0.15, -0.1) is 0 Å². The first kappa shape index (κ1) is 22.4. The van der Waals surface area contributed by atoms with E-state index in [1.165, 1.54) is 90.1 Å². The molecule has 2 saturated heterocycles. The molecule has 2 aliphatic heterocycles. The van der Waals surface area contributed by atoms with Crippen molar-refractivity contribution in [1.29, 1.82) is 0 Å². The van der Waals surface area contributed by atoms with E-state index in [0.29, 0.717) is 24.1 Å². The van der Waals surface area contributed by atoms with Gasteiger partial charge in [0, 0.05) is 44.4 Å². The molecule has 4 fully saturated rings. The number of likely N-dealkylation sites (tertiary alicyclic amines) is 1. The van der Waals surface area contributed by atoms with Gasteiger partial charge in [-0.05, 0) is 89.9 Å². The minimum Gasteiger partial charge on any atom is -0.379 e. The average molecular weight is 420 g/mol. The molecule has 0 radical (unpaired) electrons. The number of nitrogens with one attached hydrogen (secondary N) is 1. The first-order chi connectivity index (χ1) is 14.6. The van der Waals surface area contributed by atoms with Crippen molar-refractivity contribution >= 4 is 6.03 Å². The van der Waals surface area contributed by atoms with Crippen LogP contribution in [0.5, 0.6) is 0 Å². The smallest absolute Gasteiger partial charge is 0.317 e. The zero-order valence-electron chi connectivity index (χ0n) is 19.5. The van der Waals surface area contributed by atoms with E-state index in [-0.39, 0.29) is 6.03 Å². The van der Waals surface area contributed by atoms with Crippen molar-refractivity contribution in [2.75, 3.05) is 26.2 Å². The summed E-state index contributed by atoms with van der Waals surface area (Å²) in [6, 6.07) is 1.98. The Labute approximate surface area is 184 Å². The molecule has 1 N–H and O–H groups in total. The number of urea groups is 1. The Balaban J connectivity index is 1.19. The van der Waals surface area contributed by atoms with Gasteiger partial charge < -0.3 is 19.9 Å². The van der Waals surface area contributed by atoms with Crippen LogP contribution in [-0.2, 0) is 4.74 Å². The van der Waals surface area contributed by atoms with Crippen molar-refractivity contribution in [2.45, 2.75) is 115 Å². The number of amides is 2. The second-order valence-corrected chi connectivity index (χ2v) is 10.7. The van der Waals surface area contributed by atoms with Crippen LogP contribution < -0.4 is 5.32 Å². The van der Waals surface area contributed by atoms with E-state index >= 15 is 0 Å². The number of ether oxygens (including phenoxy) is 1. The third-order valence-corrected chi connectivity index (χ3v) is 8.41. The van der Waals surface area contributed by atoms with Gasteiger partial charge in [-0.3, -0.25) is 0 Å². The van der Waals surface area contributed by atoms with Crippen molar-refractivity contribution in [1.82, 2.24) is 15.1 Å². The molecule has 4 aliphatic rings. The Hall–Kier alpha value is -0.810. The number of fused-ring (bicyclic) bond motifs is 1. The van der Waals surface area contributed by atoms with Crippen LogP contribution in [-0.4, -0.2) is 66.3 Å². The molecule has 0 aromatic carbocycles. The summed E-state index contributed by atoms with van der Waals surface area (Å²) in [7, 11) is 0. The first-order valence-corrected chi connectivity index (χ1v) is 13.0. The summed E-state index contributed by atoms with van der Waals surface area (Å²) in [6.07, 6.45) is 16.0. The van der Waals surface area contributed by atoms with Gasteiger partial charge in [0.25, 0.3) is 0 Å². The van der Waals surface area contributed by atoms with Gasteiger partial charge in [0.2, 0.25) is 0 Å². The summed E-state index contributed by atoms with van der Waals surface area (Å²) < 4.78 is 5.71. The Morgan fingerprint density at radius 2 is 1.70 bits per heavy atom. The molecule has 0 bridgehead atoms. The monoisotopic (exact) mass is 419 g/mol. The molecule has 2 atom stereocenters. The van der Waals surface area contributed by atoms with E-state index in [1.54, 1.807) is 0 Å². The molecule has 2 amide bonds. The highest BCUT2D eigenvalue weighted by molar-refractivity contribution is 5.76. The maximum atomic E-state index is 12.7. The van der Waals surface area contributed by atoms with Gasteiger partial charge in [-0.1, -0.05) is 12.8 Å². The van der Waals surface area contributed by atoms with Crippen LogP contribution in [0.15, 0.2) is 0 Å². The molecule has 5 nitrogen and oxygen atoms in total. The third kappa shape index (κ3) is 5.51. The van der Waals surface area contributed by atoms with Crippen molar-refractivity contribution in [3.05, 3.63) is 0 Å². The van der Waals surface area contributed by atoms with E-state index in [1.807, 2.05) is 0 Å². The molecule has 0 unspecified atom stereocenters. The van der Waals surface area contributed by atoms with Gasteiger partial charge in [-0.25, -0.2) is 4.79 Å². The second-order valence-electron chi connectivity index (χ2n) is 10.7. The summed E-state index contributed by atoms with van der Waals surface area (Å²) >= 11 is 0. The molecule has 5 heteroatoms. The van der Waals surface area contributed by atoms with E-state index in [2.05, 4.69) is 29.0 Å². The number of carbonyl (C=O) groups is 1. The zero-order valence-corrected chi connectivity index (χ0v) is 19.5. The van der Waals surface area contributed by atoms with Crippen molar-refractivity contribution in [2.24, 2.45) is 11.8 Å². The molecule has 0 spiro atoms. The zero-order chi connectivity index (χ0) is 20.9. The first-order valence-electron chi connectivity index (χ1n) is 13.0. The summed E-state index contributed by atoms with van der Waals surface area (Å²) in [6.45, 7) is 8.45. The molecule has 2 saturated carbocycles. The highest BCUT2D eigenvalue weighted by Crippen LogP contribution is 2.36. The second kappa shape index (κ2) is 10.7. The average Bonchev–Trinajstić information content (AvgIpc) is 2.77. The maximum Gasteiger partial charge on any atom is 0.317 e. The molecule has 0 aromatic rings. The quantitative estimate of drug-likeness (QED) is 0.603. The fourth-order valence-corrected chi connectivity index (χ4v) is 6.71. The lowest BCUT2D eigenvalue weighted by Crippen LogP contribution is -2.63. The highest BCUT2D eigenvalue weighted by atomic mass is 16.5. The van der Waals surface area contributed by atoms with Crippen molar-refractivity contribution in [3.8, 4) is 0 Å². The van der Waals surface area contributed by atoms with Crippen LogP contribution in [0.2, 0.25) is 0 Å². The molecule has 2 heterocycles. The van der Waals surface area contributed by atoms with Crippen molar-refractivity contribution in [3.63, 3.8) is 0 Å². The van der Waals surface area contributed by atoms with Crippen LogP contribution in [0.25, 0.3) is 0 Å². The topological polar surface area (TPSA) is 44.8 Å². The third-order valence-electron chi connectivity index (χ3n) is 8.41. The maximum absolute atomic E-state index is 12.7. The van der Waals surface area contributed by atoms with Crippen LogP contribution in [0.3, 0.4) is 0 Å². The van der Waals surface area contributed by atoms with E-state index in [4.69, 9.17) is 4.74 Å². The number of hydrogen-bond donors (Lipinski definition) is 1. The summed E-state index contributed by atoms with van der Waals surface area (Å²) in [5, 5.41) is 3.20. The minimum absolute atomic E-state index is 0.221. The molecular weight excluding hydrogens is 374 g/mol. The highest BCUT2D eigenvalue weighted by Gasteiger charge is 2.41. The Morgan fingerprint density at radius 3 is 2.43 bits per heavy atom. The number of piperidine rings is 1. The normalized spacial score (nSPS) is 34.1. The Kier molecular flexibility index (Phi) is 7.96. The van der Waals surface area contributed by atoms with E-state index < -0.39 is 0 Å². The summed E-state index contributed by atoms with van der Waals surface area (Å²) in [5.74, 6) is 1.60. The number of nitrogens with zero attached hydrogens (tertiary/aromatic N) is 2. The molecule has 2 aliphatic carbocycles. The Morgan fingerprint density at radius 1 is 0.967 bits per heavy atom. The standard InChI is InChI=1S/C25H45N3O2/c1-19(2)30-17-5-6-20-9-11-22(12-10-20)27-15-13-23(14-16-27)28-24-8-4-3-7-21(24)18-26-25(28)29/h19-24H,3-18H2,1-2H3,(H,26,29)/t20?,21-,22?,24+/m1/s1. The van der Waals surface area contributed by atoms with Crippen LogP contribution >= 0.6 is 0 Å². The van der Waals surface area contributed by atoms with Crippen LogP contribution in [0.1, 0.15) is 90.9 Å². The number of hydrogen-bond acceptors (Lipinski definition) is 3. The van der Waals surface area contributed by atoms with Gasteiger partial charge in [0.05, 0.1) is 6.10 Å². The molecule has 172 valence electrons. The predicted molar refractivity (Wildman–Crippen MR) is 122 cm³/mol. The molecule has 4 rings (SSSR count). The lowest BCUT2D eigenvalue weighted by Gasteiger charge is -2.50. The van der Waals surface area contributed by atoms with Gasteiger partial charge >= 0.3 is 6.03 Å². The van der Waals surface area contributed by atoms with Gasteiger partial charge in [0.1, 0.15) is 0 Å². The SMILES string of the molecule is CC(C)OCCCC1CCC(N2CCC(N3C(=O)NC[C@H]4CCCC[C@@H]43)CC2)CC1. The van der Waals surface area contributed by atoms with Gasteiger partial charge in [0.15, 0.2) is 0 Å². The largest absolute Gasteiger partial charge is 0.379 e. The van der Waals surface area contributed by atoms with E-state index in [0.717, 1.165) is 25.1 Å².